The highest BCUT2D eigenvalue weighted by atomic mass is 32.2. The number of aliphatic hydroxyl groups excluding tert-OH is 1. The zero-order valence-corrected chi connectivity index (χ0v) is 26.1. The van der Waals surface area contributed by atoms with E-state index < -0.39 is 34.1 Å². The highest BCUT2D eigenvalue weighted by Crippen LogP contribution is 2.36. The summed E-state index contributed by atoms with van der Waals surface area (Å²) in [6.45, 7) is 3.68. The minimum atomic E-state index is -4.09. The van der Waals surface area contributed by atoms with Gasteiger partial charge in [-0.3, -0.25) is 9.52 Å². The Balaban J connectivity index is 1.66. The predicted molar refractivity (Wildman–Crippen MR) is 166 cm³/mol. The zero-order valence-electron chi connectivity index (χ0n) is 25.3. The van der Waals surface area contributed by atoms with Gasteiger partial charge in [-0.15, -0.1) is 0 Å². The van der Waals surface area contributed by atoms with E-state index >= 15 is 0 Å². The number of likely N-dealkylation sites (N-methyl/N-ethyl adjacent to an activating group) is 1. The number of carbonyl (C=O) groups is 2. The quantitative estimate of drug-likeness (QED) is 0.307. The van der Waals surface area contributed by atoms with Gasteiger partial charge in [-0.2, -0.15) is 0 Å². The number of hydrogen-bond donors (Lipinski definition) is 3. The number of nitrogens with zero attached hydrogens (tertiary/aromatic N) is 2. The summed E-state index contributed by atoms with van der Waals surface area (Å²) in [4.78, 5) is 29.8. The molecule has 13 heteroatoms. The normalized spacial score (nSPS) is 17.3. The average Bonchev–Trinajstić information content (AvgIpc) is 3.02. The number of urea groups is 1. The lowest BCUT2D eigenvalue weighted by Crippen LogP contribution is -2.50. The largest absolute Gasteiger partial charge is 0.497 e. The number of hydrogen-bond acceptors (Lipinski definition) is 8. The van der Waals surface area contributed by atoms with E-state index in [2.05, 4.69) is 10.0 Å². The second-order valence-corrected chi connectivity index (χ2v) is 12.3. The molecule has 3 N–H and O–H groups in total. The third-order valence-electron chi connectivity index (χ3n) is 7.45. The molecule has 0 radical (unpaired) electrons. The molecule has 3 amide bonds. The van der Waals surface area contributed by atoms with Crippen LogP contribution in [0.1, 0.15) is 24.2 Å². The maximum Gasteiger partial charge on any atom is 0.321 e. The first-order valence-corrected chi connectivity index (χ1v) is 15.5. The van der Waals surface area contributed by atoms with Crippen molar-refractivity contribution in [1.82, 2.24) is 9.80 Å². The first-order chi connectivity index (χ1) is 21.0. The Morgan fingerprint density at radius 1 is 1.07 bits per heavy atom. The smallest absolute Gasteiger partial charge is 0.321 e. The van der Waals surface area contributed by atoms with Crippen molar-refractivity contribution in [3.05, 3.63) is 72.3 Å². The number of benzene rings is 3. The molecule has 1 aliphatic rings. The summed E-state index contributed by atoms with van der Waals surface area (Å²) in [5.74, 6) is 0.455. The van der Waals surface area contributed by atoms with Crippen LogP contribution >= 0.6 is 0 Å². The van der Waals surface area contributed by atoms with Gasteiger partial charge in [0.05, 0.1) is 49.6 Å². The maximum atomic E-state index is 13.7. The number of sulfonamides is 1. The molecule has 1 heterocycles. The Kier molecular flexibility index (Phi) is 10.2. The molecule has 0 spiro atoms. The van der Waals surface area contributed by atoms with Gasteiger partial charge in [-0.1, -0.05) is 13.0 Å². The van der Waals surface area contributed by atoms with Gasteiger partial charge in [0.25, 0.3) is 15.9 Å². The highest BCUT2D eigenvalue weighted by molar-refractivity contribution is 7.92. The number of ether oxygens (including phenoxy) is 3. The van der Waals surface area contributed by atoms with Crippen LogP contribution in [0.3, 0.4) is 0 Å². The lowest BCUT2D eigenvalue weighted by atomic mass is 9.99. The van der Waals surface area contributed by atoms with Crippen LogP contribution in [0.25, 0.3) is 0 Å². The lowest BCUT2D eigenvalue weighted by Gasteiger charge is -2.38. The third-order valence-corrected chi connectivity index (χ3v) is 8.83. The van der Waals surface area contributed by atoms with E-state index in [-0.39, 0.29) is 47.5 Å². The van der Waals surface area contributed by atoms with Crippen LogP contribution in [0.2, 0.25) is 0 Å². The van der Waals surface area contributed by atoms with Crippen molar-refractivity contribution >= 4 is 33.3 Å². The summed E-state index contributed by atoms with van der Waals surface area (Å²) in [6.07, 6.45) is -0.659. The molecule has 12 nitrogen and oxygen atoms in total. The van der Waals surface area contributed by atoms with E-state index in [0.717, 1.165) is 0 Å². The average molecular weight is 627 g/mol. The van der Waals surface area contributed by atoms with Gasteiger partial charge < -0.3 is 34.4 Å². The van der Waals surface area contributed by atoms with Crippen molar-refractivity contribution in [3.63, 3.8) is 0 Å². The zero-order chi connectivity index (χ0) is 32.0. The van der Waals surface area contributed by atoms with Crippen molar-refractivity contribution in [2.45, 2.75) is 30.9 Å². The van der Waals surface area contributed by atoms with Crippen LogP contribution in [0.15, 0.2) is 71.6 Å². The molecule has 236 valence electrons. The molecule has 0 saturated carbocycles. The van der Waals surface area contributed by atoms with Crippen molar-refractivity contribution in [2.75, 3.05) is 51.0 Å². The van der Waals surface area contributed by atoms with E-state index in [9.17, 15) is 23.1 Å². The molecular weight excluding hydrogens is 588 g/mol. The Hall–Kier alpha value is -4.49. The van der Waals surface area contributed by atoms with E-state index in [1.165, 1.54) is 47.2 Å². The maximum absolute atomic E-state index is 13.7. The van der Waals surface area contributed by atoms with Gasteiger partial charge in [0.1, 0.15) is 17.6 Å². The fourth-order valence-electron chi connectivity index (χ4n) is 4.75. The number of rotatable bonds is 10. The first kappa shape index (κ1) is 32.4. The molecule has 0 fully saturated rings. The molecule has 1 aliphatic heterocycles. The summed E-state index contributed by atoms with van der Waals surface area (Å²) in [7, 11) is 0.571. The van der Waals surface area contributed by atoms with E-state index in [4.69, 9.17) is 14.2 Å². The molecule has 0 aliphatic carbocycles. The summed E-state index contributed by atoms with van der Waals surface area (Å²) in [6, 6.07) is 16.5. The molecule has 3 atom stereocenters. The van der Waals surface area contributed by atoms with Crippen LogP contribution in [0.4, 0.5) is 16.2 Å². The topological polar surface area (TPSA) is 147 Å². The molecule has 3 aromatic carbocycles. The van der Waals surface area contributed by atoms with Crippen LogP contribution in [-0.4, -0.2) is 88.4 Å². The number of fused-ring (bicyclic) bond motifs is 1. The molecule has 4 rings (SSSR count). The van der Waals surface area contributed by atoms with Crippen molar-refractivity contribution in [3.8, 4) is 17.2 Å². The van der Waals surface area contributed by atoms with Crippen LogP contribution in [0, 0.1) is 5.92 Å². The SMILES string of the molecule is COc1ccc(NC(=O)N(C)C[C@@H]2Oc3c(NS(=O)(=O)c4ccc(OC)cc4)cccc3C(=O)N([C@@H](C)CO)C[C@H]2C)cc1. The van der Waals surface area contributed by atoms with Gasteiger partial charge in [0.2, 0.25) is 0 Å². The van der Waals surface area contributed by atoms with Gasteiger partial charge >= 0.3 is 6.03 Å². The number of aliphatic hydroxyl groups is 1. The first-order valence-electron chi connectivity index (χ1n) is 14.0. The van der Waals surface area contributed by atoms with E-state index in [1.54, 1.807) is 57.5 Å². The van der Waals surface area contributed by atoms with Crippen LogP contribution in [0.5, 0.6) is 17.2 Å². The van der Waals surface area contributed by atoms with Crippen LogP contribution in [-0.2, 0) is 10.0 Å². The van der Waals surface area contributed by atoms with Crippen molar-refractivity contribution in [1.29, 1.82) is 0 Å². The Bertz CT molecular complexity index is 1560. The number of anilines is 2. The van der Waals surface area contributed by atoms with Gasteiger partial charge in [-0.05, 0) is 67.6 Å². The molecule has 0 saturated heterocycles. The number of para-hydroxylation sites is 1. The Morgan fingerprint density at radius 2 is 1.68 bits per heavy atom. The predicted octanol–water partition coefficient (Wildman–Crippen LogP) is 3.89. The lowest BCUT2D eigenvalue weighted by molar-refractivity contribution is 0.0373. The second kappa shape index (κ2) is 13.9. The number of carbonyl (C=O) groups excluding carboxylic acids is 2. The summed E-state index contributed by atoms with van der Waals surface area (Å²) in [5, 5.41) is 12.8. The van der Waals surface area contributed by atoms with Gasteiger partial charge in [0, 0.05) is 25.2 Å². The standard InChI is InChI=1S/C31H38N4O8S/c1-20-17-35(21(2)19-36)30(37)26-7-6-8-27(33-44(39,40)25-15-13-24(42-5)14-16-25)29(26)43-28(20)18-34(3)31(38)32-22-9-11-23(41-4)12-10-22/h6-16,20-21,28,33,36H,17-19H2,1-5H3,(H,32,38)/t20-,21+,28+/m1/s1. The Labute approximate surface area is 257 Å². The fraction of sp³-hybridized carbons (Fsp3) is 0.355. The van der Waals surface area contributed by atoms with E-state index in [1.807, 2.05) is 6.92 Å². The molecule has 3 aromatic rings. The minimum absolute atomic E-state index is 0.0107. The van der Waals surface area contributed by atoms with Crippen molar-refractivity contribution in [2.24, 2.45) is 5.92 Å². The second-order valence-electron chi connectivity index (χ2n) is 10.6. The summed E-state index contributed by atoms with van der Waals surface area (Å²) >= 11 is 0. The fourth-order valence-corrected chi connectivity index (χ4v) is 5.81. The minimum Gasteiger partial charge on any atom is -0.497 e. The van der Waals surface area contributed by atoms with E-state index in [0.29, 0.717) is 17.2 Å². The molecular formula is C31H38N4O8S. The monoisotopic (exact) mass is 626 g/mol. The molecule has 44 heavy (non-hydrogen) atoms. The van der Waals surface area contributed by atoms with Gasteiger partial charge in [-0.25, -0.2) is 13.2 Å². The summed E-state index contributed by atoms with van der Waals surface area (Å²) in [5.41, 5.74) is 0.763. The summed E-state index contributed by atoms with van der Waals surface area (Å²) < 4.78 is 46.0. The molecule has 0 bridgehead atoms. The Morgan fingerprint density at radius 3 is 2.27 bits per heavy atom. The number of amides is 3. The molecule has 0 aromatic heterocycles. The third kappa shape index (κ3) is 7.34. The van der Waals surface area contributed by atoms with Gasteiger partial charge in [0.15, 0.2) is 5.75 Å². The molecule has 0 unspecified atom stereocenters. The number of methoxy groups -OCH3 is 2. The van der Waals surface area contributed by atoms with Crippen LogP contribution < -0.4 is 24.2 Å². The number of nitrogens with one attached hydrogen (secondary N) is 2. The highest BCUT2D eigenvalue weighted by Gasteiger charge is 2.35. The van der Waals surface area contributed by atoms with Crippen molar-refractivity contribution < 1.29 is 37.3 Å².